The Balaban J connectivity index is 1.63. The molecule has 156 valence electrons. The fourth-order valence-electron chi connectivity index (χ4n) is 3.32. The summed E-state index contributed by atoms with van der Waals surface area (Å²) in [7, 11) is 0. The van der Waals surface area contributed by atoms with E-state index in [0.29, 0.717) is 21.4 Å². The van der Waals surface area contributed by atoms with Gasteiger partial charge in [0.25, 0.3) is 5.78 Å². The summed E-state index contributed by atoms with van der Waals surface area (Å²) in [6, 6.07) is 16.2. The topological polar surface area (TPSA) is 81.4 Å². The highest BCUT2D eigenvalue weighted by Gasteiger charge is 2.21. The second-order valence-electron chi connectivity index (χ2n) is 6.97. The van der Waals surface area contributed by atoms with E-state index >= 15 is 0 Å². The summed E-state index contributed by atoms with van der Waals surface area (Å²) < 4.78 is 7.57. The molecule has 0 bridgehead atoms. The van der Waals surface area contributed by atoms with Gasteiger partial charge in [0.15, 0.2) is 0 Å². The summed E-state index contributed by atoms with van der Waals surface area (Å²) >= 11 is 11.8. The van der Waals surface area contributed by atoms with Crippen LogP contribution in [0.3, 0.4) is 0 Å². The Hall–Kier alpha value is -3.35. The summed E-state index contributed by atoms with van der Waals surface area (Å²) in [6.45, 7) is 2.16. The molecule has 4 aromatic rings. The number of ketones is 1. The third-order valence-corrected chi connectivity index (χ3v) is 5.13. The van der Waals surface area contributed by atoms with Crippen LogP contribution in [0.15, 0.2) is 60.8 Å². The number of nitrogens with zero attached hydrogens (tertiary/aromatic N) is 2. The minimum absolute atomic E-state index is 0.151. The normalized spacial score (nSPS) is 10.9. The SMILES string of the molecule is Cc1ccc2c(c1)c(C(=O)C(=O)O)cn2-c1ccc(OCc2cc(Cl)nc(Cl)c2)cc1. The molecular weight excluding hydrogens is 439 g/mol. The molecule has 1 N–H and O–H groups in total. The van der Waals surface area contributed by atoms with Gasteiger partial charge in [-0.25, -0.2) is 9.78 Å². The van der Waals surface area contributed by atoms with Crippen molar-refractivity contribution in [3.63, 3.8) is 0 Å². The molecule has 2 aromatic heterocycles. The van der Waals surface area contributed by atoms with Crippen LogP contribution in [0.5, 0.6) is 5.75 Å². The number of carbonyl (C=O) groups is 2. The van der Waals surface area contributed by atoms with Crippen molar-refractivity contribution in [1.82, 2.24) is 9.55 Å². The number of benzene rings is 2. The van der Waals surface area contributed by atoms with E-state index in [0.717, 1.165) is 22.3 Å². The lowest BCUT2D eigenvalue weighted by Gasteiger charge is -2.09. The molecule has 0 aliphatic rings. The van der Waals surface area contributed by atoms with Crippen molar-refractivity contribution in [2.75, 3.05) is 0 Å². The van der Waals surface area contributed by atoms with Crippen molar-refractivity contribution < 1.29 is 19.4 Å². The number of carbonyl (C=O) groups excluding carboxylic acids is 1. The highest BCUT2D eigenvalue weighted by molar-refractivity contribution is 6.42. The second kappa shape index (κ2) is 8.41. The Kier molecular flexibility index (Phi) is 5.67. The molecule has 0 saturated heterocycles. The quantitative estimate of drug-likeness (QED) is 0.236. The van der Waals surface area contributed by atoms with E-state index in [-0.39, 0.29) is 12.2 Å². The van der Waals surface area contributed by atoms with Crippen molar-refractivity contribution in [3.8, 4) is 11.4 Å². The molecule has 2 aromatic carbocycles. The van der Waals surface area contributed by atoms with Crippen LogP contribution in [0.25, 0.3) is 16.6 Å². The maximum atomic E-state index is 12.2. The number of pyridine rings is 1. The average molecular weight is 455 g/mol. The second-order valence-corrected chi connectivity index (χ2v) is 7.75. The minimum atomic E-state index is -1.49. The molecule has 4 rings (SSSR count). The van der Waals surface area contributed by atoms with Gasteiger partial charge in [0.2, 0.25) is 0 Å². The first-order valence-corrected chi connectivity index (χ1v) is 10.0. The minimum Gasteiger partial charge on any atom is -0.489 e. The van der Waals surface area contributed by atoms with Crippen LogP contribution in [0, 0.1) is 6.92 Å². The Labute approximate surface area is 187 Å². The molecule has 8 heteroatoms. The predicted molar refractivity (Wildman–Crippen MR) is 119 cm³/mol. The molecule has 6 nitrogen and oxygen atoms in total. The van der Waals surface area contributed by atoms with E-state index < -0.39 is 11.8 Å². The number of rotatable bonds is 6. The number of halogens is 2. The van der Waals surface area contributed by atoms with Crippen LogP contribution in [0.1, 0.15) is 21.5 Å². The lowest BCUT2D eigenvalue weighted by molar-refractivity contribution is -0.131. The zero-order chi connectivity index (χ0) is 22.1. The highest BCUT2D eigenvalue weighted by Crippen LogP contribution is 2.28. The first-order valence-electron chi connectivity index (χ1n) is 9.26. The molecule has 0 aliphatic heterocycles. The molecule has 0 radical (unpaired) electrons. The smallest absolute Gasteiger partial charge is 0.377 e. The van der Waals surface area contributed by atoms with Gasteiger partial charge in [0.1, 0.15) is 22.7 Å². The monoisotopic (exact) mass is 454 g/mol. The zero-order valence-electron chi connectivity index (χ0n) is 16.3. The number of carboxylic acids is 1. The molecule has 0 atom stereocenters. The number of fused-ring (bicyclic) bond motifs is 1. The van der Waals surface area contributed by atoms with E-state index in [1.165, 1.54) is 0 Å². The fourth-order valence-corrected chi connectivity index (χ4v) is 3.83. The largest absolute Gasteiger partial charge is 0.489 e. The Morgan fingerprint density at radius 2 is 1.71 bits per heavy atom. The third-order valence-electron chi connectivity index (χ3n) is 4.74. The number of ether oxygens (including phenoxy) is 1. The van der Waals surface area contributed by atoms with Crippen molar-refractivity contribution in [1.29, 1.82) is 0 Å². The Morgan fingerprint density at radius 1 is 1.03 bits per heavy atom. The Morgan fingerprint density at radius 3 is 2.35 bits per heavy atom. The summed E-state index contributed by atoms with van der Waals surface area (Å²) in [6.07, 6.45) is 1.55. The number of hydrogen-bond acceptors (Lipinski definition) is 4. The van der Waals surface area contributed by atoms with E-state index in [9.17, 15) is 14.7 Å². The van der Waals surface area contributed by atoms with Crippen LogP contribution >= 0.6 is 23.2 Å². The van der Waals surface area contributed by atoms with Gasteiger partial charge in [0.05, 0.1) is 11.1 Å². The maximum absolute atomic E-state index is 12.2. The van der Waals surface area contributed by atoms with Gasteiger partial charge >= 0.3 is 5.97 Å². The van der Waals surface area contributed by atoms with Crippen LogP contribution < -0.4 is 4.74 Å². The molecule has 0 aliphatic carbocycles. The summed E-state index contributed by atoms with van der Waals surface area (Å²) in [5.74, 6) is -1.80. The average Bonchev–Trinajstić information content (AvgIpc) is 3.10. The van der Waals surface area contributed by atoms with Gasteiger partial charge in [-0.3, -0.25) is 4.79 Å². The lowest BCUT2D eigenvalue weighted by Crippen LogP contribution is -2.12. The van der Waals surface area contributed by atoms with Gasteiger partial charge in [-0.15, -0.1) is 0 Å². The van der Waals surface area contributed by atoms with E-state index in [1.54, 1.807) is 35.0 Å². The first-order chi connectivity index (χ1) is 14.8. The van der Waals surface area contributed by atoms with Crippen LogP contribution in [-0.2, 0) is 11.4 Å². The number of aromatic nitrogens is 2. The number of aryl methyl sites for hydroxylation is 1. The summed E-state index contributed by atoms with van der Waals surface area (Å²) in [5.41, 5.74) is 3.38. The molecule has 31 heavy (non-hydrogen) atoms. The lowest BCUT2D eigenvalue weighted by atomic mass is 10.1. The highest BCUT2D eigenvalue weighted by atomic mass is 35.5. The van der Waals surface area contributed by atoms with E-state index in [4.69, 9.17) is 27.9 Å². The predicted octanol–water partition coefficient (Wildman–Crippen LogP) is 5.49. The molecule has 0 fully saturated rings. The van der Waals surface area contributed by atoms with Gasteiger partial charge in [0, 0.05) is 17.3 Å². The van der Waals surface area contributed by atoms with Gasteiger partial charge in [-0.2, -0.15) is 0 Å². The number of Topliss-reactive ketones (excluding diaryl/α,β-unsaturated/α-hetero) is 1. The number of aliphatic carboxylic acids is 1. The Bertz CT molecular complexity index is 1290. The van der Waals surface area contributed by atoms with Crippen molar-refractivity contribution in [2.45, 2.75) is 13.5 Å². The maximum Gasteiger partial charge on any atom is 0.377 e. The first kappa shape index (κ1) is 20.9. The van der Waals surface area contributed by atoms with Gasteiger partial charge in [-0.05, 0) is 61.0 Å². The zero-order valence-corrected chi connectivity index (χ0v) is 17.8. The van der Waals surface area contributed by atoms with Gasteiger partial charge in [-0.1, -0.05) is 34.8 Å². The number of carboxylic acid groups (broad SMARTS) is 1. The molecule has 2 heterocycles. The number of hydrogen-bond donors (Lipinski definition) is 1. The van der Waals surface area contributed by atoms with Crippen LogP contribution in [-0.4, -0.2) is 26.4 Å². The molecule has 0 amide bonds. The van der Waals surface area contributed by atoms with Crippen molar-refractivity contribution in [2.24, 2.45) is 0 Å². The van der Waals surface area contributed by atoms with Crippen molar-refractivity contribution >= 4 is 45.9 Å². The standard InChI is InChI=1S/C23H16Cl2N2O4/c1-13-2-7-19-17(8-13)18(22(28)23(29)30)11-27(19)15-3-5-16(6-4-15)31-12-14-9-20(24)26-21(25)10-14/h2-11H,12H2,1H3,(H,29,30). The van der Waals surface area contributed by atoms with E-state index in [1.807, 2.05) is 37.3 Å². The van der Waals surface area contributed by atoms with Crippen LogP contribution in [0.2, 0.25) is 10.3 Å². The summed E-state index contributed by atoms with van der Waals surface area (Å²) in [5, 5.41) is 10.4. The van der Waals surface area contributed by atoms with Gasteiger partial charge < -0.3 is 14.4 Å². The third kappa shape index (κ3) is 4.40. The fraction of sp³-hybridized carbons (Fsp3) is 0.0870. The molecule has 0 saturated carbocycles. The molecule has 0 spiro atoms. The molecule has 0 unspecified atom stereocenters. The van der Waals surface area contributed by atoms with Crippen LogP contribution in [0.4, 0.5) is 0 Å². The van der Waals surface area contributed by atoms with E-state index in [2.05, 4.69) is 4.98 Å². The van der Waals surface area contributed by atoms with Crippen molar-refractivity contribution in [3.05, 3.63) is 87.8 Å². The molecular formula is C23H16Cl2N2O4. The summed E-state index contributed by atoms with van der Waals surface area (Å²) in [4.78, 5) is 27.3.